The van der Waals surface area contributed by atoms with Crippen LogP contribution in [-0.2, 0) is 0 Å². The lowest BCUT2D eigenvalue weighted by Crippen LogP contribution is -2.12. The fourth-order valence-corrected chi connectivity index (χ4v) is 2.33. The monoisotopic (exact) mass is 218 g/mol. The molecule has 2 rings (SSSR count). The van der Waals surface area contributed by atoms with Crippen LogP contribution >= 0.6 is 0 Å². The standard InChI is InChI=1S/C14H18O2/c1-9-8-12(15)4-5-13(9)11-3-6-14(16)10(2)7-11/h3-6,9-10,15-16H,7-8H2,1-2H3/t9-,10?/m1/s1. The average Bonchev–Trinajstić information content (AvgIpc) is 2.22. The number of aliphatic hydroxyl groups excluding tert-OH is 2. The zero-order chi connectivity index (χ0) is 11.7. The molecular weight excluding hydrogens is 200 g/mol. The maximum atomic E-state index is 9.55. The summed E-state index contributed by atoms with van der Waals surface area (Å²) < 4.78 is 0. The molecule has 0 heterocycles. The van der Waals surface area contributed by atoms with Crippen molar-refractivity contribution in [2.24, 2.45) is 11.8 Å². The van der Waals surface area contributed by atoms with E-state index in [9.17, 15) is 10.2 Å². The van der Waals surface area contributed by atoms with Gasteiger partial charge in [0, 0.05) is 12.3 Å². The third-order valence-electron chi connectivity index (χ3n) is 3.36. The molecule has 0 aromatic heterocycles. The van der Waals surface area contributed by atoms with Gasteiger partial charge in [-0.2, -0.15) is 0 Å². The van der Waals surface area contributed by atoms with Crippen LogP contribution in [0.3, 0.4) is 0 Å². The molecule has 2 N–H and O–H groups in total. The van der Waals surface area contributed by atoms with Gasteiger partial charge in [0.05, 0.1) is 11.5 Å². The Balaban J connectivity index is 2.27. The molecule has 86 valence electrons. The van der Waals surface area contributed by atoms with Gasteiger partial charge in [-0.05, 0) is 35.6 Å². The summed E-state index contributed by atoms with van der Waals surface area (Å²) in [5, 5.41) is 19.0. The van der Waals surface area contributed by atoms with E-state index in [1.54, 1.807) is 12.2 Å². The number of rotatable bonds is 1. The van der Waals surface area contributed by atoms with Crippen LogP contribution in [0.5, 0.6) is 0 Å². The molecule has 2 heteroatoms. The number of allylic oxidation sites excluding steroid dienone is 8. The van der Waals surface area contributed by atoms with E-state index in [0.29, 0.717) is 23.9 Å². The number of hydrogen-bond acceptors (Lipinski definition) is 2. The van der Waals surface area contributed by atoms with Gasteiger partial charge < -0.3 is 10.2 Å². The average molecular weight is 218 g/mol. The Labute approximate surface area is 96.3 Å². The van der Waals surface area contributed by atoms with Crippen LogP contribution in [-0.4, -0.2) is 10.2 Å². The summed E-state index contributed by atoms with van der Waals surface area (Å²) in [7, 11) is 0. The maximum absolute atomic E-state index is 9.55. The largest absolute Gasteiger partial charge is 0.512 e. The van der Waals surface area contributed by atoms with Gasteiger partial charge in [-0.1, -0.05) is 26.0 Å². The summed E-state index contributed by atoms with van der Waals surface area (Å²) in [6, 6.07) is 0. The Morgan fingerprint density at radius 2 is 1.69 bits per heavy atom. The van der Waals surface area contributed by atoms with Crippen LogP contribution in [0.4, 0.5) is 0 Å². The van der Waals surface area contributed by atoms with Gasteiger partial charge in [-0.25, -0.2) is 0 Å². The molecular formula is C14H18O2. The van der Waals surface area contributed by atoms with Crippen molar-refractivity contribution in [2.75, 3.05) is 0 Å². The highest BCUT2D eigenvalue weighted by Crippen LogP contribution is 2.35. The van der Waals surface area contributed by atoms with E-state index < -0.39 is 0 Å². The van der Waals surface area contributed by atoms with Gasteiger partial charge in [-0.3, -0.25) is 0 Å². The molecule has 1 unspecified atom stereocenters. The van der Waals surface area contributed by atoms with Crippen LogP contribution in [0, 0.1) is 11.8 Å². The van der Waals surface area contributed by atoms with Crippen molar-refractivity contribution in [1.82, 2.24) is 0 Å². The van der Waals surface area contributed by atoms with Gasteiger partial charge in [0.1, 0.15) is 0 Å². The van der Waals surface area contributed by atoms with Crippen molar-refractivity contribution in [3.8, 4) is 0 Å². The minimum atomic E-state index is 0.201. The molecule has 0 saturated heterocycles. The highest BCUT2D eigenvalue weighted by atomic mass is 16.3. The van der Waals surface area contributed by atoms with Gasteiger partial charge in [0.15, 0.2) is 0 Å². The molecule has 0 bridgehead atoms. The predicted octanol–water partition coefficient (Wildman–Crippen LogP) is 3.80. The molecule has 0 aliphatic heterocycles. The van der Waals surface area contributed by atoms with Crippen LogP contribution < -0.4 is 0 Å². The third-order valence-corrected chi connectivity index (χ3v) is 3.36. The summed E-state index contributed by atoms with van der Waals surface area (Å²) in [5.74, 6) is 1.48. The second kappa shape index (κ2) is 4.20. The first-order valence-electron chi connectivity index (χ1n) is 5.77. The van der Waals surface area contributed by atoms with E-state index in [1.807, 2.05) is 19.1 Å². The Morgan fingerprint density at radius 1 is 0.938 bits per heavy atom. The summed E-state index contributed by atoms with van der Waals surface area (Å²) in [5.41, 5.74) is 2.56. The molecule has 0 saturated carbocycles. The normalized spacial score (nSPS) is 30.1. The van der Waals surface area contributed by atoms with Gasteiger partial charge >= 0.3 is 0 Å². The molecule has 0 radical (unpaired) electrons. The Hall–Kier alpha value is -1.44. The van der Waals surface area contributed by atoms with Crippen molar-refractivity contribution in [3.05, 3.63) is 47.0 Å². The van der Waals surface area contributed by atoms with Gasteiger partial charge in [-0.15, -0.1) is 0 Å². The van der Waals surface area contributed by atoms with Crippen LogP contribution in [0.2, 0.25) is 0 Å². The van der Waals surface area contributed by atoms with E-state index in [1.165, 1.54) is 11.1 Å². The number of aliphatic hydroxyl groups is 2. The van der Waals surface area contributed by atoms with Crippen LogP contribution in [0.1, 0.15) is 26.7 Å². The minimum Gasteiger partial charge on any atom is -0.512 e. The Kier molecular flexibility index (Phi) is 2.90. The molecule has 2 nitrogen and oxygen atoms in total. The second-order valence-corrected chi connectivity index (χ2v) is 4.77. The first-order valence-corrected chi connectivity index (χ1v) is 5.77. The fraction of sp³-hybridized carbons (Fsp3) is 0.429. The van der Waals surface area contributed by atoms with Crippen LogP contribution in [0.15, 0.2) is 47.0 Å². The summed E-state index contributed by atoms with van der Waals surface area (Å²) in [4.78, 5) is 0. The zero-order valence-corrected chi connectivity index (χ0v) is 9.77. The minimum absolute atomic E-state index is 0.201. The smallest absolute Gasteiger partial charge is 0.0954 e. The predicted molar refractivity (Wildman–Crippen MR) is 65.2 cm³/mol. The van der Waals surface area contributed by atoms with Crippen molar-refractivity contribution >= 4 is 0 Å². The summed E-state index contributed by atoms with van der Waals surface area (Å²) in [6.45, 7) is 4.15. The topological polar surface area (TPSA) is 40.5 Å². The first kappa shape index (κ1) is 11.1. The van der Waals surface area contributed by atoms with E-state index in [0.717, 1.165) is 6.42 Å². The lowest BCUT2D eigenvalue weighted by Gasteiger charge is -2.25. The summed E-state index contributed by atoms with van der Waals surface area (Å²) in [6.07, 6.45) is 9.15. The lowest BCUT2D eigenvalue weighted by molar-refractivity contribution is 0.334. The first-order chi connectivity index (χ1) is 7.58. The fourth-order valence-electron chi connectivity index (χ4n) is 2.33. The van der Waals surface area contributed by atoms with E-state index in [4.69, 9.17) is 0 Å². The lowest BCUT2D eigenvalue weighted by atomic mass is 9.81. The van der Waals surface area contributed by atoms with Crippen LogP contribution in [0.25, 0.3) is 0 Å². The molecule has 2 aliphatic rings. The second-order valence-electron chi connectivity index (χ2n) is 4.77. The Morgan fingerprint density at radius 3 is 2.31 bits per heavy atom. The molecule has 0 fully saturated rings. The summed E-state index contributed by atoms with van der Waals surface area (Å²) >= 11 is 0. The van der Waals surface area contributed by atoms with Gasteiger partial charge in [0.2, 0.25) is 0 Å². The molecule has 2 atom stereocenters. The SMILES string of the molecule is CC1CC(C2=CC=C(O)C[C@H]2C)=CC=C1O. The highest BCUT2D eigenvalue weighted by molar-refractivity contribution is 5.43. The maximum Gasteiger partial charge on any atom is 0.0954 e. The van der Waals surface area contributed by atoms with E-state index in [2.05, 4.69) is 6.92 Å². The van der Waals surface area contributed by atoms with Crippen molar-refractivity contribution in [3.63, 3.8) is 0 Å². The molecule has 2 aliphatic carbocycles. The zero-order valence-electron chi connectivity index (χ0n) is 9.77. The molecule has 0 spiro atoms. The number of hydrogen-bond donors (Lipinski definition) is 2. The van der Waals surface area contributed by atoms with Crippen molar-refractivity contribution < 1.29 is 10.2 Å². The Bertz CT molecular complexity index is 410. The molecule has 0 aromatic carbocycles. The van der Waals surface area contributed by atoms with E-state index in [-0.39, 0.29) is 5.92 Å². The quantitative estimate of drug-likeness (QED) is 0.702. The highest BCUT2D eigenvalue weighted by Gasteiger charge is 2.22. The molecule has 0 aromatic rings. The van der Waals surface area contributed by atoms with E-state index >= 15 is 0 Å². The molecule has 16 heavy (non-hydrogen) atoms. The van der Waals surface area contributed by atoms with Gasteiger partial charge in [0.25, 0.3) is 0 Å². The third kappa shape index (κ3) is 2.06. The van der Waals surface area contributed by atoms with Crippen molar-refractivity contribution in [2.45, 2.75) is 26.7 Å². The van der Waals surface area contributed by atoms with Crippen molar-refractivity contribution in [1.29, 1.82) is 0 Å². The molecule has 0 amide bonds.